The van der Waals surface area contributed by atoms with Crippen molar-refractivity contribution >= 4 is 22.8 Å². The molecule has 1 aliphatic heterocycles. The van der Waals surface area contributed by atoms with Crippen molar-refractivity contribution in [3.8, 4) is 0 Å². The highest BCUT2D eigenvalue weighted by Crippen LogP contribution is 2.43. The topological polar surface area (TPSA) is 93.3 Å². The minimum absolute atomic E-state index is 0.197. The number of hydrogen-bond donors (Lipinski definition) is 2. The molecule has 0 radical (unpaired) electrons. The fraction of sp³-hybridized carbons (Fsp3) is 0.500. The van der Waals surface area contributed by atoms with Gasteiger partial charge in [0.15, 0.2) is 0 Å². The second-order valence-electron chi connectivity index (χ2n) is 7.11. The molecule has 2 N–H and O–H groups in total. The van der Waals surface area contributed by atoms with Crippen LogP contribution in [0.15, 0.2) is 23.0 Å². The lowest BCUT2D eigenvalue weighted by Crippen LogP contribution is -2.44. The molecule has 1 unspecified atom stereocenters. The molecule has 2 aliphatic rings. The maximum atomic E-state index is 12.8. The quantitative estimate of drug-likeness (QED) is 0.806. The van der Waals surface area contributed by atoms with Gasteiger partial charge in [0, 0.05) is 20.1 Å². The summed E-state index contributed by atoms with van der Waals surface area (Å²) in [5.41, 5.74) is 2.42. The van der Waals surface area contributed by atoms with Crippen LogP contribution in [-0.4, -0.2) is 32.7 Å². The number of aryl methyl sites for hydroxylation is 1. The van der Waals surface area contributed by atoms with E-state index in [2.05, 4.69) is 5.32 Å². The van der Waals surface area contributed by atoms with Gasteiger partial charge in [0.05, 0.1) is 11.0 Å². The van der Waals surface area contributed by atoms with Crippen LogP contribution in [0.3, 0.4) is 0 Å². The SMILES string of the molecule is Cn1c(=O)n(C2CCC(=O)NC2=O)c2cccc([C@H]3C[C@H](CO)C3)c21. The van der Waals surface area contributed by atoms with Crippen LogP contribution in [-0.2, 0) is 16.6 Å². The number of imide groups is 1. The van der Waals surface area contributed by atoms with Crippen LogP contribution in [0.1, 0.15) is 43.2 Å². The number of aromatic nitrogens is 2. The second-order valence-corrected chi connectivity index (χ2v) is 7.11. The molecule has 1 aromatic carbocycles. The highest BCUT2D eigenvalue weighted by atomic mass is 16.3. The summed E-state index contributed by atoms with van der Waals surface area (Å²) in [7, 11) is 1.72. The van der Waals surface area contributed by atoms with Crippen molar-refractivity contribution in [2.45, 2.75) is 37.6 Å². The van der Waals surface area contributed by atoms with E-state index in [1.807, 2.05) is 18.2 Å². The lowest BCUT2D eigenvalue weighted by Gasteiger charge is -2.34. The van der Waals surface area contributed by atoms with Crippen molar-refractivity contribution in [1.29, 1.82) is 0 Å². The van der Waals surface area contributed by atoms with Gasteiger partial charge in [-0.15, -0.1) is 0 Å². The molecule has 25 heavy (non-hydrogen) atoms. The lowest BCUT2D eigenvalue weighted by molar-refractivity contribution is -0.135. The zero-order valence-corrected chi connectivity index (χ0v) is 14.1. The number of piperidine rings is 1. The third-order valence-electron chi connectivity index (χ3n) is 5.59. The summed E-state index contributed by atoms with van der Waals surface area (Å²) in [5, 5.41) is 11.6. The number of nitrogens with zero attached hydrogens (tertiary/aromatic N) is 2. The molecule has 0 bridgehead atoms. The second kappa shape index (κ2) is 5.84. The van der Waals surface area contributed by atoms with Gasteiger partial charge in [0.2, 0.25) is 11.8 Å². The van der Waals surface area contributed by atoms with Crippen LogP contribution in [0.4, 0.5) is 0 Å². The van der Waals surface area contributed by atoms with Crippen molar-refractivity contribution in [3.63, 3.8) is 0 Å². The van der Waals surface area contributed by atoms with Crippen molar-refractivity contribution in [2.75, 3.05) is 6.61 Å². The Morgan fingerprint density at radius 1 is 1.24 bits per heavy atom. The van der Waals surface area contributed by atoms with Crippen LogP contribution in [0.25, 0.3) is 11.0 Å². The van der Waals surface area contributed by atoms with Gasteiger partial charge >= 0.3 is 5.69 Å². The summed E-state index contributed by atoms with van der Waals surface area (Å²) in [4.78, 5) is 36.5. The standard InChI is InChI=1S/C18H21N3O4/c1-20-16-12(11-7-10(8-11)9-22)3-2-4-13(16)21(18(20)25)14-5-6-15(23)19-17(14)24/h2-4,10-11,14,22H,5-9H2,1H3,(H,19,23,24)/t10-,11-,14?. The molecule has 2 amide bonds. The third-order valence-corrected chi connectivity index (χ3v) is 5.59. The lowest BCUT2D eigenvalue weighted by atomic mass is 9.71. The fourth-order valence-electron chi connectivity index (χ4n) is 4.17. The zero-order valence-electron chi connectivity index (χ0n) is 14.1. The number of benzene rings is 1. The molecule has 2 fully saturated rings. The van der Waals surface area contributed by atoms with E-state index in [0.717, 1.165) is 29.4 Å². The number of para-hydroxylation sites is 1. The van der Waals surface area contributed by atoms with Gasteiger partial charge in [-0.3, -0.25) is 24.0 Å². The van der Waals surface area contributed by atoms with Gasteiger partial charge < -0.3 is 5.11 Å². The van der Waals surface area contributed by atoms with Crippen molar-refractivity contribution in [1.82, 2.24) is 14.5 Å². The Labute approximate surface area is 144 Å². The Bertz CT molecular complexity index is 920. The van der Waals surface area contributed by atoms with E-state index in [4.69, 9.17) is 0 Å². The Kier molecular flexibility index (Phi) is 3.76. The number of aliphatic hydroxyl groups excluding tert-OH is 1. The number of nitrogens with one attached hydrogen (secondary N) is 1. The molecule has 2 heterocycles. The van der Waals surface area contributed by atoms with Crippen LogP contribution in [0.5, 0.6) is 0 Å². The van der Waals surface area contributed by atoms with E-state index >= 15 is 0 Å². The van der Waals surface area contributed by atoms with E-state index in [9.17, 15) is 19.5 Å². The Morgan fingerprint density at radius 3 is 2.68 bits per heavy atom. The average Bonchev–Trinajstić information content (AvgIpc) is 2.79. The number of carbonyl (C=O) groups is 2. The summed E-state index contributed by atoms with van der Waals surface area (Å²) in [6.45, 7) is 0.197. The van der Waals surface area contributed by atoms with E-state index in [-0.39, 0.29) is 24.6 Å². The summed E-state index contributed by atoms with van der Waals surface area (Å²) >= 11 is 0. The summed E-state index contributed by atoms with van der Waals surface area (Å²) in [5.74, 6) is -0.0569. The summed E-state index contributed by atoms with van der Waals surface area (Å²) in [6, 6.07) is 5.13. The molecule has 7 heteroatoms. The minimum atomic E-state index is -0.657. The molecule has 2 aromatic rings. The predicted octanol–water partition coefficient (Wildman–Crippen LogP) is 0.804. The summed E-state index contributed by atoms with van der Waals surface area (Å²) < 4.78 is 3.11. The third kappa shape index (κ3) is 2.41. The number of aliphatic hydroxyl groups is 1. The number of amides is 2. The van der Waals surface area contributed by atoms with Gasteiger partial charge in [-0.25, -0.2) is 4.79 Å². The minimum Gasteiger partial charge on any atom is -0.396 e. The largest absolute Gasteiger partial charge is 0.396 e. The number of rotatable bonds is 3. The Hall–Kier alpha value is -2.41. The van der Waals surface area contributed by atoms with Crippen LogP contribution >= 0.6 is 0 Å². The summed E-state index contributed by atoms with van der Waals surface area (Å²) in [6.07, 6.45) is 2.39. The van der Waals surface area contributed by atoms with Crippen LogP contribution < -0.4 is 11.0 Å². The molecular formula is C18H21N3O4. The van der Waals surface area contributed by atoms with Gasteiger partial charge in [-0.2, -0.15) is 0 Å². The van der Waals surface area contributed by atoms with Gasteiger partial charge in [-0.1, -0.05) is 12.1 Å². The molecule has 4 rings (SSSR count). The van der Waals surface area contributed by atoms with E-state index in [1.165, 1.54) is 4.57 Å². The molecule has 1 atom stereocenters. The molecular weight excluding hydrogens is 322 g/mol. The molecule has 132 valence electrons. The zero-order chi connectivity index (χ0) is 17.7. The maximum Gasteiger partial charge on any atom is 0.329 e. The van der Waals surface area contributed by atoms with Crippen LogP contribution in [0, 0.1) is 5.92 Å². The van der Waals surface area contributed by atoms with Crippen LogP contribution in [0.2, 0.25) is 0 Å². The molecule has 7 nitrogen and oxygen atoms in total. The van der Waals surface area contributed by atoms with Crippen molar-refractivity contribution in [2.24, 2.45) is 13.0 Å². The van der Waals surface area contributed by atoms with E-state index < -0.39 is 11.9 Å². The molecule has 1 saturated heterocycles. The van der Waals surface area contributed by atoms with Gasteiger partial charge in [0.1, 0.15) is 6.04 Å². The first-order valence-corrected chi connectivity index (χ1v) is 8.65. The first kappa shape index (κ1) is 16.1. The molecule has 1 aliphatic carbocycles. The number of fused-ring (bicyclic) bond motifs is 1. The first-order chi connectivity index (χ1) is 12.0. The highest BCUT2D eigenvalue weighted by molar-refractivity contribution is 6.00. The number of imidazole rings is 1. The van der Waals surface area contributed by atoms with Crippen molar-refractivity contribution < 1.29 is 14.7 Å². The number of carbonyl (C=O) groups excluding carboxylic acids is 2. The average molecular weight is 343 g/mol. The molecule has 1 aromatic heterocycles. The molecule has 1 saturated carbocycles. The van der Waals surface area contributed by atoms with Gasteiger partial charge in [-0.05, 0) is 42.7 Å². The monoisotopic (exact) mass is 343 g/mol. The fourth-order valence-corrected chi connectivity index (χ4v) is 4.17. The number of hydrogen-bond acceptors (Lipinski definition) is 4. The van der Waals surface area contributed by atoms with E-state index in [1.54, 1.807) is 11.6 Å². The normalized spacial score (nSPS) is 26.6. The maximum absolute atomic E-state index is 12.8. The van der Waals surface area contributed by atoms with Crippen molar-refractivity contribution in [3.05, 3.63) is 34.2 Å². The Morgan fingerprint density at radius 2 is 2.00 bits per heavy atom. The highest BCUT2D eigenvalue weighted by Gasteiger charge is 2.34. The first-order valence-electron chi connectivity index (χ1n) is 8.65. The van der Waals surface area contributed by atoms with Gasteiger partial charge in [0.25, 0.3) is 0 Å². The Balaban J connectivity index is 1.82. The smallest absolute Gasteiger partial charge is 0.329 e. The predicted molar refractivity (Wildman–Crippen MR) is 91.2 cm³/mol. The van der Waals surface area contributed by atoms with E-state index in [0.29, 0.717) is 18.3 Å². The molecule has 0 spiro atoms.